The summed E-state index contributed by atoms with van der Waals surface area (Å²) in [5, 5.41) is 4.26. The van der Waals surface area contributed by atoms with Crippen LogP contribution in [0.25, 0.3) is 0 Å². The highest BCUT2D eigenvalue weighted by Gasteiger charge is 2.41. The fourth-order valence-electron chi connectivity index (χ4n) is 3.26. The van der Waals surface area contributed by atoms with Crippen molar-refractivity contribution in [3.63, 3.8) is 0 Å². The lowest BCUT2D eigenvalue weighted by molar-refractivity contribution is -0.132. The molecule has 7 heteroatoms. The largest absolute Gasteiger partial charge is 0.491 e. The first-order chi connectivity index (χ1) is 12.4. The number of likely N-dealkylation sites (tertiary alicyclic amines) is 1. The van der Waals surface area contributed by atoms with Crippen LogP contribution in [0.1, 0.15) is 23.6 Å². The van der Waals surface area contributed by atoms with Gasteiger partial charge in [-0.1, -0.05) is 12.1 Å². The third-order valence-electron chi connectivity index (χ3n) is 4.84. The van der Waals surface area contributed by atoms with Crippen LogP contribution in [0.2, 0.25) is 0 Å². The molecule has 0 saturated carbocycles. The van der Waals surface area contributed by atoms with Crippen molar-refractivity contribution < 1.29 is 14.3 Å². The molecule has 140 valence electrons. The normalized spacial score (nSPS) is 19.8. The van der Waals surface area contributed by atoms with Crippen LogP contribution in [0.4, 0.5) is 0 Å². The van der Waals surface area contributed by atoms with Crippen LogP contribution in [-0.4, -0.2) is 58.0 Å². The van der Waals surface area contributed by atoms with Crippen LogP contribution in [0.15, 0.2) is 24.3 Å². The number of aromatic nitrogens is 3. The van der Waals surface area contributed by atoms with E-state index >= 15 is 0 Å². The Morgan fingerprint density at radius 3 is 2.77 bits per heavy atom. The van der Waals surface area contributed by atoms with Gasteiger partial charge < -0.3 is 14.4 Å². The van der Waals surface area contributed by atoms with Gasteiger partial charge in [0.15, 0.2) is 0 Å². The van der Waals surface area contributed by atoms with Crippen molar-refractivity contribution in [1.82, 2.24) is 19.7 Å². The van der Waals surface area contributed by atoms with Crippen LogP contribution < -0.4 is 4.74 Å². The summed E-state index contributed by atoms with van der Waals surface area (Å²) in [6, 6.07) is 7.93. The molecule has 0 bridgehead atoms. The average molecular weight is 358 g/mol. The van der Waals surface area contributed by atoms with Gasteiger partial charge in [-0.2, -0.15) is 5.10 Å². The van der Waals surface area contributed by atoms with Crippen molar-refractivity contribution in [1.29, 1.82) is 0 Å². The third kappa shape index (κ3) is 4.04. The molecule has 3 rings (SSSR count). The Balaban J connectivity index is 1.61. The minimum absolute atomic E-state index is 0.0208. The van der Waals surface area contributed by atoms with Gasteiger partial charge in [-0.05, 0) is 44.9 Å². The molecule has 1 aliphatic heterocycles. The maximum atomic E-state index is 12.6. The molecule has 0 spiro atoms. The smallest absolute Gasteiger partial charge is 0.244 e. The van der Waals surface area contributed by atoms with E-state index in [1.54, 1.807) is 11.8 Å². The topological polar surface area (TPSA) is 69.5 Å². The average Bonchev–Trinajstić information content (AvgIpc) is 3.17. The number of hydrogen-bond donors (Lipinski definition) is 0. The standard InChI is InChI=1S/C19H26N4O3/c1-14-6-5-7-17(10-14)26-13-19(25-4)8-9-22(12-19)18(24)11-23-16(3)20-15(2)21-23/h5-7,10H,8-9,11-13H2,1-4H3/t19-/m1/s1. The molecule has 7 nitrogen and oxygen atoms in total. The Labute approximate surface area is 153 Å². The van der Waals surface area contributed by atoms with Crippen LogP contribution in [0.3, 0.4) is 0 Å². The molecule has 1 aromatic carbocycles. The van der Waals surface area contributed by atoms with E-state index < -0.39 is 5.60 Å². The Morgan fingerprint density at radius 2 is 2.12 bits per heavy atom. The number of carbonyl (C=O) groups is 1. The quantitative estimate of drug-likeness (QED) is 0.789. The molecule has 1 fully saturated rings. The number of carbonyl (C=O) groups excluding carboxylic acids is 1. The fraction of sp³-hybridized carbons (Fsp3) is 0.526. The van der Waals surface area contributed by atoms with E-state index in [2.05, 4.69) is 10.1 Å². The van der Waals surface area contributed by atoms with Crippen molar-refractivity contribution in [2.75, 3.05) is 26.8 Å². The molecule has 0 N–H and O–H groups in total. The maximum absolute atomic E-state index is 12.6. The predicted molar refractivity (Wildman–Crippen MR) is 97.1 cm³/mol. The Morgan fingerprint density at radius 1 is 1.31 bits per heavy atom. The van der Waals surface area contributed by atoms with Crippen molar-refractivity contribution in [3.8, 4) is 5.75 Å². The third-order valence-corrected chi connectivity index (χ3v) is 4.84. The van der Waals surface area contributed by atoms with Gasteiger partial charge in [0, 0.05) is 13.7 Å². The molecule has 1 aromatic heterocycles. The zero-order chi connectivity index (χ0) is 18.7. The number of rotatable bonds is 6. The molecule has 0 aliphatic carbocycles. The lowest BCUT2D eigenvalue weighted by atomic mass is 10.0. The number of nitrogens with zero attached hydrogens (tertiary/aromatic N) is 4. The van der Waals surface area contributed by atoms with E-state index in [1.807, 2.05) is 49.9 Å². The first kappa shape index (κ1) is 18.4. The number of methoxy groups -OCH3 is 1. The van der Waals surface area contributed by atoms with Crippen LogP contribution in [0.5, 0.6) is 5.75 Å². The highest BCUT2D eigenvalue weighted by molar-refractivity contribution is 5.76. The maximum Gasteiger partial charge on any atom is 0.244 e. The van der Waals surface area contributed by atoms with Gasteiger partial charge >= 0.3 is 0 Å². The molecule has 0 radical (unpaired) electrons. The molecule has 0 unspecified atom stereocenters. The molecule has 26 heavy (non-hydrogen) atoms. The number of aryl methyl sites for hydroxylation is 3. The highest BCUT2D eigenvalue weighted by Crippen LogP contribution is 2.27. The molecule has 1 aliphatic rings. The van der Waals surface area contributed by atoms with E-state index in [-0.39, 0.29) is 12.5 Å². The van der Waals surface area contributed by atoms with Crippen LogP contribution >= 0.6 is 0 Å². The summed E-state index contributed by atoms with van der Waals surface area (Å²) in [7, 11) is 1.68. The zero-order valence-electron chi connectivity index (χ0n) is 15.9. The summed E-state index contributed by atoms with van der Waals surface area (Å²) in [6.07, 6.45) is 0.746. The molecule has 2 aromatic rings. The number of benzene rings is 1. The first-order valence-electron chi connectivity index (χ1n) is 8.81. The number of hydrogen-bond acceptors (Lipinski definition) is 5. The minimum Gasteiger partial charge on any atom is -0.491 e. The first-order valence-corrected chi connectivity index (χ1v) is 8.81. The van der Waals surface area contributed by atoms with Gasteiger partial charge in [-0.3, -0.25) is 4.79 Å². The van der Waals surface area contributed by atoms with Crippen LogP contribution in [0, 0.1) is 20.8 Å². The van der Waals surface area contributed by atoms with E-state index in [9.17, 15) is 4.79 Å². The van der Waals surface area contributed by atoms with E-state index in [0.717, 1.165) is 23.6 Å². The summed E-state index contributed by atoms with van der Waals surface area (Å²) < 4.78 is 13.3. The molecule has 1 amide bonds. The molecular weight excluding hydrogens is 332 g/mol. The SMILES string of the molecule is CO[C@]1(COc2cccc(C)c2)CCN(C(=O)Cn2nc(C)nc2C)C1. The highest BCUT2D eigenvalue weighted by atomic mass is 16.5. The molecule has 2 heterocycles. The number of amides is 1. The predicted octanol–water partition coefficient (Wildman–Crippen LogP) is 1.90. The summed E-state index contributed by atoms with van der Waals surface area (Å²) in [6.45, 7) is 7.48. The second-order valence-corrected chi connectivity index (χ2v) is 6.92. The second kappa shape index (κ2) is 7.45. The summed E-state index contributed by atoms with van der Waals surface area (Å²) in [5.74, 6) is 2.26. The summed E-state index contributed by atoms with van der Waals surface area (Å²) >= 11 is 0. The van der Waals surface area contributed by atoms with Gasteiger partial charge in [0.25, 0.3) is 0 Å². The lowest BCUT2D eigenvalue weighted by Crippen LogP contribution is -2.43. The lowest BCUT2D eigenvalue weighted by Gasteiger charge is -2.28. The zero-order valence-corrected chi connectivity index (χ0v) is 15.9. The number of ether oxygens (including phenoxy) is 2. The monoisotopic (exact) mass is 358 g/mol. The minimum atomic E-state index is -0.479. The molecular formula is C19H26N4O3. The van der Waals surface area contributed by atoms with Crippen molar-refractivity contribution >= 4 is 5.91 Å². The molecule has 1 atom stereocenters. The van der Waals surface area contributed by atoms with Gasteiger partial charge in [0.1, 0.15) is 36.2 Å². The van der Waals surface area contributed by atoms with E-state index in [1.165, 1.54) is 0 Å². The Bertz CT molecular complexity index is 789. The Hall–Kier alpha value is -2.41. The van der Waals surface area contributed by atoms with E-state index in [0.29, 0.717) is 25.5 Å². The second-order valence-electron chi connectivity index (χ2n) is 6.92. The van der Waals surface area contributed by atoms with Crippen LogP contribution in [-0.2, 0) is 16.1 Å². The Kier molecular flexibility index (Phi) is 5.27. The van der Waals surface area contributed by atoms with E-state index in [4.69, 9.17) is 9.47 Å². The van der Waals surface area contributed by atoms with Gasteiger partial charge in [-0.25, -0.2) is 9.67 Å². The summed E-state index contributed by atoms with van der Waals surface area (Å²) in [5.41, 5.74) is 0.669. The van der Waals surface area contributed by atoms with Gasteiger partial charge in [-0.15, -0.1) is 0 Å². The summed E-state index contributed by atoms with van der Waals surface area (Å²) in [4.78, 5) is 18.7. The van der Waals surface area contributed by atoms with Crippen molar-refractivity contribution in [2.45, 2.75) is 39.3 Å². The molecule has 1 saturated heterocycles. The van der Waals surface area contributed by atoms with Gasteiger partial charge in [0.05, 0.1) is 6.54 Å². The fourth-order valence-corrected chi connectivity index (χ4v) is 3.26. The van der Waals surface area contributed by atoms with Gasteiger partial charge in [0.2, 0.25) is 5.91 Å². The van der Waals surface area contributed by atoms with Crippen molar-refractivity contribution in [2.24, 2.45) is 0 Å². The van der Waals surface area contributed by atoms with Crippen molar-refractivity contribution in [3.05, 3.63) is 41.5 Å².